The molecule has 0 saturated heterocycles. The first kappa shape index (κ1) is 31.7. The molecule has 0 radical (unpaired) electrons. The summed E-state index contributed by atoms with van der Waals surface area (Å²) in [6.45, 7) is 3.64. The zero-order valence-corrected chi connectivity index (χ0v) is 23.5. The Hall–Kier alpha value is -2.50. The van der Waals surface area contributed by atoms with Crippen molar-refractivity contribution in [2.45, 2.75) is 51.9 Å². The number of nitrogens with zero attached hydrogens (tertiary/aromatic N) is 2. The predicted octanol–water partition coefficient (Wildman–Crippen LogP) is 5.50. The second-order valence-corrected chi connectivity index (χ2v) is 11.5. The summed E-state index contributed by atoms with van der Waals surface area (Å²) in [6.07, 6.45) is -3.23. The van der Waals surface area contributed by atoms with E-state index in [-0.39, 0.29) is 37.5 Å². The van der Waals surface area contributed by atoms with Crippen molar-refractivity contribution in [3.05, 3.63) is 63.6 Å². The van der Waals surface area contributed by atoms with Gasteiger partial charge in [-0.25, -0.2) is 8.42 Å². The highest BCUT2D eigenvalue weighted by Crippen LogP contribution is 2.32. The van der Waals surface area contributed by atoms with E-state index in [0.717, 1.165) is 28.8 Å². The molecule has 13 heteroatoms. The van der Waals surface area contributed by atoms with Crippen molar-refractivity contribution >= 4 is 50.7 Å². The SMILES string of the molecule is CCCNC(=O)C(C)N(Cc1ccc(Cl)cc1Cl)C(=O)CCCN(c1cccc(C(F)(F)F)c1)S(C)(=O)=O. The molecule has 0 fully saturated rings. The smallest absolute Gasteiger partial charge is 0.354 e. The van der Waals surface area contributed by atoms with Crippen LogP contribution in [0.15, 0.2) is 42.5 Å². The topological polar surface area (TPSA) is 86.8 Å². The van der Waals surface area contributed by atoms with E-state index in [9.17, 15) is 31.2 Å². The number of rotatable bonds is 12. The molecule has 2 aromatic rings. The lowest BCUT2D eigenvalue weighted by atomic mass is 10.1. The lowest BCUT2D eigenvalue weighted by Gasteiger charge is -2.30. The van der Waals surface area contributed by atoms with Gasteiger partial charge in [-0.1, -0.05) is 42.3 Å². The fourth-order valence-corrected chi connectivity index (χ4v) is 5.08. The van der Waals surface area contributed by atoms with Crippen LogP contribution in [0, 0.1) is 0 Å². The van der Waals surface area contributed by atoms with Crippen LogP contribution in [-0.4, -0.2) is 50.5 Å². The molecular formula is C25H30Cl2F3N3O4S. The molecule has 2 amide bonds. The molecule has 0 spiro atoms. The quantitative estimate of drug-likeness (QED) is 0.351. The summed E-state index contributed by atoms with van der Waals surface area (Å²) in [7, 11) is -3.95. The van der Waals surface area contributed by atoms with Crippen molar-refractivity contribution in [3.8, 4) is 0 Å². The Labute approximate surface area is 230 Å². The van der Waals surface area contributed by atoms with Gasteiger partial charge in [0.25, 0.3) is 0 Å². The molecule has 1 N–H and O–H groups in total. The maximum Gasteiger partial charge on any atom is 0.416 e. The fourth-order valence-electron chi connectivity index (χ4n) is 3.65. The molecule has 38 heavy (non-hydrogen) atoms. The minimum Gasteiger partial charge on any atom is -0.354 e. The highest BCUT2D eigenvalue weighted by Gasteiger charge is 2.32. The van der Waals surface area contributed by atoms with Gasteiger partial charge in [0.2, 0.25) is 21.8 Å². The largest absolute Gasteiger partial charge is 0.416 e. The van der Waals surface area contributed by atoms with E-state index in [4.69, 9.17) is 23.2 Å². The summed E-state index contributed by atoms with van der Waals surface area (Å²) >= 11 is 12.2. The van der Waals surface area contributed by atoms with Gasteiger partial charge >= 0.3 is 6.18 Å². The van der Waals surface area contributed by atoms with Crippen molar-refractivity contribution in [2.75, 3.05) is 23.7 Å². The van der Waals surface area contributed by atoms with Crippen molar-refractivity contribution in [2.24, 2.45) is 0 Å². The lowest BCUT2D eigenvalue weighted by Crippen LogP contribution is -2.48. The Bertz CT molecular complexity index is 1240. The van der Waals surface area contributed by atoms with Crippen LogP contribution >= 0.6 is 23.2 Å². The zero-order chi connectivity index (χ0) is 28.7. The fraction of sp³-hybridized carbons (Fsp3) is 0.440. The van der Waals surface area contributed by atoms with Gasteiger partial charge in [-0.3, -0.25) is 13.9 Å². The number of amides is 2. The number of anilines is 1. The summed E-state index contributed by atoms with van der Waals surface area (Å²) < 4.78 is 65.0. The Morgan fingerprint density at radius 1 is 1.11 bits per heavy atom. The monoisotopic (exact) mass is 595 g/mol. The van der Waals surface area contributed by atoms with E-state index in [1.54, 1.807) is 19.1 Å². The van der Waals surface area contributed by atoms with Crippen LogP contribution < -0.4 is 9.62 Å². The van der Waals surface area contributed by atoms with Crippen LogP contribution in [0.2, 0.25) is 10.0 Å². The van der Waals surface area contributed by atoms with Crippen LogP contribution in [0.4, 0.5) is 18.9 Å². The van der Waals surface area contributed by atoms with Gasteiger partial charge in [0, 0.05) is 36.1 Å². The molecule has 2 aromatic carbocycles. The van der Waals surface area contributed by atoms with Crippen LogP contribution in [0.25, 0.3) is 0 Å². The average molecular weight is 596 g/mol. The first-order valence-electron chi connectivity index (χ1n) is 11.8. The third-order valence-electron chi connectivity index (χ3n) is 5.69. The third kappa shape index (κ3) is 9.06. The molecule has 2 rings (SSSR count). The number of sulfonamides is 1. The first-order chi connectivity index (χ1) is 17.6. The Morgan fingerprint density at radius 3 is 2.37 bits per heavy atom. The highest BCUT2D eigenvalue weighted by molar-refractivity contribution is 7.92. The van der Waals surface area contributed by atoms with Gasteiger partial charge in [0.1, 0.15) is 6.04 Å². The van der Waals surface area contributed by atoms with Gasteiger partial charge < -0.3 is 10.2 Å². The number of hydrogen-bond acceptors (Lipinski definition) is 4. The van der Waals surface area contributed by atoms with Crippen molar-refractivity contribution in [1.82, 2.24) is 10.2 Å². The van der Waals surface area contributed by atoms with Crippen LogP contribution in [0.1, 0.15) is 44.2 Å². The maximum absolute atomic E-state index is 13.3. The third-order valence-corrected chi connectivity index (χ3v) is 7.47. The number of hydrogen-bond donors (Lipinski definition) is 1. The molecule has 0 bridgehead atoms. The predicted molar refractivity (Wildman–Crippen MR) is 143 cm³/mol. The normalized spacial score (nSPS) is 12.6. The summed E-state index contributed by atoms with van der Waals surface area (Å²) in [5.74, 6) is -0.820. The molecule has 0 aliphatic carbocycles. The van der Waals surface area contributed by atoms with Crippen LogP contribution in [-0.2, 0) is 32.3 Å². The van der Waals surface area contributed by atoms with E-state index in [1.807, 2.05) is 6.92 Å². The number of alkyl halides is 3. The number of nitrogens with one attached hydrogen (secondary N) is 1. The van der Waals surface area contributed by atoms with Gasteiger partial charge in [0.05, 0.1) is 17.5 Å². The van der Waals surface area contributed by atoms with Gasteiger partial charge in [-0.2, -0.15) is 13.2 Å². The molecule has 1 unspecified atom stereocenters. The molecule has 1 atom stereocenters. The number of carbonyl (C=O) groups is 2. The lowest BCUT2D eigenvalue weighted by molar-refractivity contribution is -0.140. The highest BCUT2D eigenvalue weighted by atomic mass is 35.5. The maximum atomic E-state index is 13.3. The zero-order valence-electron chi connectivity index (χ0n) is 21.2. The molecule has 0 aromatic heterocycles. The summed E-state index contributed by atoms with van der Waals surface area (Å²) in [5.41, 5.74) is -0.592. The summed E-state index contributed by atoms with van der Waals surface area (Å²) in [5, 5.41) is 3.46. The van der Waals surface area contributed by atoms with E-state index in [2.05, 4.69) is 5.32 Å². The molecule has 210 valence electrons. The van der Waals surface area contributed by atoms with E-state index in [0.29, 0.717) is 28.6 Å². The molecule has 0 heterocycles. The van der Waals surface area contributed by atoms with E-state index in [1.165, 1.54) is 17.0 Å². The number of benzene rings is 2. The van der Waals surface area contributed by atoms with Crippen LogP contribution in [0.5, 0.6) is 0 Å². The Morgan fingerprint density at radius 2 is 1.79 bits per heavy atom. The summed E-state index contributed by atoms with van der Waals surface area (Å²) in [6, 6.07) is 7.86. The van der Waals surface area contributed by atoms with Crippen molar-refractivity contribution in [3.63, 3.8) is 0 Å². The molecule has 0 saturated carbocycles. The van der Waals surface area contributed by atoms with Crippen LogP contribution in [0.3, 0.4) is 0 Å². The average Bonchev–Trinajstić information content (AvgIpc) is 2.83. The van der Waals surface area contributed by atoms with Crippen molar-refractivity contribution in [1.29, 1.82) is 0 Å². The molecule has 7 nitrogen and oxygen atoms in total. The second-order valence-electron chi connectivity index (χ2n) is 8.71. The first-order valence-corrected chi connectivity index (χ1v) is 14.4. The van der Waals surface area contributed by atoms with Gasteiger partial charge in [-0.15, -0.1) is 0 Å². The second kappa shape index (κ2) is 13.5. The Kier molecular flexibility index (Phi) is 11.3. The number of carbonyl (C=O) groups excluding carboxylic acids is 2. The van der Waals surface area contributed by atoms with E-state index >= 15 is 0 Å². The van der Waals surface area contributed by atoms with Crippen molar-refractivity contribution < 1.29 is 31.2 Å². The van der Waals surface area contributed by atoms with Gasteiger partial charge in [0.15, 0.2) is 0 Å². The standard InChI is InChI=1S/C25H30Cl2F3N3O4S/c1-4-12-31-24(35)17(2)32(16-18-10-11-20(26)15-22(18)27)23(34)9-6-13-33(38(3,36)37)21-8-5-7-19(14-21)25(28,29)30/h5,7-8,10-11,14-15,17H,4,6,9,12-13,16H2,1-3H3,(H,31,35). The Balaban J connectivity index is 2.23. The van der Waals surface area contributed by atoms with E-state index < -0.39 is 33.7 Å². The number of halogens is 5. The van der Waals surface area contributed by atoms with Gasteiger partial charge in [-0.05, 0) is 55.7 Å². The molecule has 0 aliphatic heterocycles. The molecule has 0 aliphatic rings. The minimum absolute atomic E-state index is 0.00103. The minimum atomic E-state index is -4.65. The summed E-state index contributed by atoms with van der Waals surface area (Å²) in [4.78, 5) is 27.2. The molecular weight excluding hydrogens is 566 g/mol.